The maximum Gasteiger partial charge on any atom is 0.417 e. The normalized spacial score (nSPS) is 22.8. The Morgan fingerprint density at radius 1 is 1.36 bits per heavy atom. The van der Waals surface area contributed by atoms with E-state index in [9.17, 15) is 14.7 Å². The van der Waals surface area contributed by atoms with Gasteiger partial charge in [0.25, 0.3) is 0 Å². The number of amides is 2. The predicted octanol–water partition coefficient (Wildman–Crippen LogP) is 3.88. The molecule has 0 spiro atoms. The fourth-order valence-corrected chi connectivity index (χ4v) is 4.03. The van der Waals surface area contributed by atoms with Gasteiger partial charge in [0, 0.05) is 5.92 Å². The molecule has 3 rings (SSSR count). The summed E-state index contributed by atoms with van der Waals surface area (Å²) in [5.74, 6) is -1.36. The van der Waals surface area contributed by atoms with Crippen molar-refractivity contribution >= 4 is 12.0 Å². The molecular formula is C23H29NO4. The van der Waals surface area contributed by atoms with Crippen LogP contribution < -0.4 is 0 Å². The lowest BCUT2D eigenvalue weighted by molar-refractivity contribution is -0.136. The smallest absolute Gasteiger partial charge is 0.417 e. The summed E-state index contributed by atoms with van der Waals surface area (Å²) in [6, 6.07) is 9.39. The van der Waals surface area contributed by atoms with Crippen molar-refractivity contribution in [3.63, 3.8) is 0 Å². The van der Waals surface area contributed by atoms with Crippen molar-refractivity contribution in [1.82, 2.24) is 4.90 Å². The molecule has 0 bridgehead atoms. The maximum atomic E-state index is 13.5. The average molecular weight is 383 g/mol. The van der Waals surface area contributed by atoms with Gasteiger partial charge in [-0.2, -0.15) is 0 Å². The Bertz CT molecular complexity index is 742. The number of benzene rings is 1. The van der Waals surface area contributed by atoms with Crippen molar-refractivity contribution in [2.75, 3.05) is 6.61 Å². The van der Waals surface area contributed by atoms with E-state index in [0.717, 1.165) is 36.8 Å². The quantitative estimate of drug-likeness (QED) is 0.726. The van der Waals surface area contributed by atoms with Crippen LogP contribution in [0.3, 0.4) is 0 Å². The molecule has 28 heavy (non-hydrogen) atoms. The molecule has 0 aromatic heterocycles. The molecule has 0 unspecified atom stereocenters. The van der Waals surface area contributed by atoms with E-state index >= 15 is 0 Å². The van der Waals surface area contributed by atoms with Gasteiger partial charge in [-0.3, -0.25) is 4.79 Å². The molecule has 1 fully saturated rings. The minimum Gasteiger partial charge on any atom is -0.447 e. The van der Waals surface area contributed by atoms with Gasteiger partial charge in [-0.05, 0) is 37.7 Å². The van der Waals surface area contributed by atoms with Crippen LogP contribution in [0.2, 0.25) is 0 Å². The van der Waals surface area contributed by atoms with Gasteiger partial charge < -0.3 is 9.84 Å². The van der Waals surface area contributed by atoms with Crippen LogP contribution in [0.4, 0.5) is 4.79 Å². The molecule has 2 aliphatic rings. The number of carbonyl (C=O) groups is 2. The average Bonchev–Trinajstić information content (AvgIpc) is 3.08. The van der Waals surface area contributed by atoms with Gasteiger partial charge in [-0.1, -0.05) is 55.0 Å². The number of nitrogens with zero attached hydrogens (tertiary/aromatic N) is 1. The SMILES string of the molecule is C=C[C@@H](C)[C@@H](O)[C@@H](C(=O)N1C(=O)OC[C@H]1Cc1ccccc1)C1=CCCCC1. The van der Waals surface area contributed by atoms with Crippen molar-refractivity contribution in [2.24, 2.45) is 11.8 Å². The third kappa shape index (κ3) is 4.36. The number of carbonyl (C=O) groups excluding carboxylic acids is 2. The molecule has 0 saturated carbocycles. The Kier molecular flexibility index (Phi) is 6.68. The van der Waals surface area contributed by atoms with Crippen LogP contribution in [-0.4, -0.2) is 40.8 Å². The first-order valence-electron chi connectivity index (χ1n) is 10.1. The Balaban J connectivity index is 1.87. The Morgan fingerprint density at radius 2 is 2.11 bits per heavy atom. The lowest BCUT2D eigenvalue weighted by Gasteiger charge is -2.32. The van der Waals surface area contributed by atoms with Crippen LogP contribution in [0.5, 0.6) is 0 Å². The van der Waals surface area contributed by atoms with Crippen molar-refractivity contribution in [2.45, 2.75) is 51.2 Å². The van der Waals surface area contributed by atoms with E-state index in [1.54, 1.807) is 6.08 Å². The molecular weight excluding hydrogens is 354 g/mol. The van der Waals surface area contributed by atoms with Crippen LogP contribution in [0.15, 0.2) is 54.6 Å². The monoisotopic (exact) mass is 383 g/mol. The van der Waals surface area contributed by atoms with Gasteiger partial charge in [-0.25, -0.2) is 9.69 Å². The van der Waals surface area contributed by atoms with E-state index in [-0.39, 0.29) is 24.5 Å². The largest absolute Gasteiger partial charge is 0.447 e. The zero-order valence-corrected chi connectivity index (χ0v) is 16.4. The summed E-state index contributed by atoms with van der Waals surface area (Å²) in [5, 5.41) is 10.9. The molecule has 1 aliphatic carbocycles. The summed E-state index contributed by atoms with van der Waals surface area (Å²) in [6.45, 7) is 5.77. The highest BCUT2D eigenvalue weighted by Crippen LogP contribution is 2.33. The number of cyclic esters (lactones) is 1. The molecule has 2 amide bonds. The van der Waals surface area contributed by atoms with Crippen LogP contribution in [0, 0.1) is 11.8 Å². The number of hydrogen-bond donors (Lipinski definition) is 1. The first kappa shape index (κ1) is 20.3. The van der Waals surface area contributed by atoms with E-state index in [1.165, 1.54) is 4.90 Å². The Labute approximate surface area is 166 Å². The fourth-order valence-electron chi connectivity index (χ4n) is 4.03. The standard InChI is InChI=1S/C23H29NO4/c1-3-16(2)21(25)20(18-12-8-5-9-13-18)22(26)24-19(15-28-23(24)27)14-17-10-6-4-7-11-17/h3-4,6-7,10-12,16,19-21,25H,1,5,8-9,13-15H2,2H3/t16-,19-,20+,21-/m1/s1. The topological polar surface area (TPSA) is 66.8 Å². The van der Waals surface area contributed by atoms with Crippen LogP contribution in [-0.2, 0) is 16.0 Å². The first-order valence-corrected chi connectivity index (χ1v) is 10.1. The van der Waals surface area contributed by atoms with Gasteiger partial charge in [0.2, 0.25) is 5.91 Å². The third-order valence-electron chi connectivity index (χ3n) is 5.76. The van der Waals surface area contributed by atoms with Gasteiger partial charge in [-0.15, -0.1) is 6.58 Å². The molecule has 1 aromatic carbocycles. The second-order valence-corrected chi connectivity index (χ2v) is 7.72. The van der Waals surface area contributed by atoms with E-state index in [4.69, 9.17) is 4.74 Å². The zero-order valence-electron chi connectivity index (χ0n) is 16.4. The summed E-state index contributed by atoms with van der Waals surface area (Å²) < 4.78 is 5.22. The second kappa shape index (κ2) is 9.20. The lowest BCUT2D eigenvalue weighted by atomic mass is 9.80. The van der Waals surface area contributed by atoms with Gasteiger partial charge in [0.15, 0.2) is 0 Å². The molecule has 5 nitrogen and oxygen atoms in total. The summed E-state index contributed by atoms with van der Waals surface area (Å²) >= 11 is 0. The Hall–Kier alpha value is -2.40. The maximum absolute atomic E-state index is 13.5. The molecule has 1 N–H and O–H groups in total. The number of imide groups is 1. The van der Waals surface area contributed by atoms with Crippen LogP contribution in [0.1, 0.15) is 38.2 Å². The van der Waals surface area contributed by atoms with Crippen molar-refractivity contribution in [1.29, 1.82) is 0 Å². The number of ether oxygens (including phenoxy) is 1. The number of rotatable bonds is 7. The highest BCUT2D eigenvalue weighted by molar-refractivity contribution is 5.96. The minimum atomic E-state index is -0.917. The van der Waals surface area contributed by atoms with Gasteiger partial charge in [0.05, 0.1) is 18.1 Å². The van der Waals surface area contributed by atoms with Crippen LogP contribution in [0.25, 0.3) is 0 Å². The van der Waals surface area contributed by atoms with Crippen molar-refractivity contribution < 1.29 is 19.4 Å². The molecule has 4 atom stereocenters. The van der Waals surface area contributed by atoms with Crippen molar-refractivity contribution in [3.05, 3.63) is 60.2 Å². The van der Waals surface area contributed by atoms with Crippen molar-refractivity contribution in [3.8, 4) is 0 Å². The molecule has 1 aliphatic heterocycles. The molecule has 1 saturated heterocycles. The van der Waals surface area contributed by atoms with Crippen LogP contribution >= 0.6 is 0 Å². The van der Waals surface area contributed by atoms with E-state index < -0.39 is 18.1 Å². The predicted molar refractivity (Wildman–Crippen MR) is 108 cm³/mol. The number of allylic oxidation sites excluding steroid dienone is 1. The minimum absolute atomic E-state index is 0.179. The zero-order chi connectivity index (χ0) is 20.1. The van der Waals surface area contributed by atoms with E-state index in [2.05, 4.69) is 12.7 Å². The second-order valence-electron chi connectivity index (χ2n) is 7.72. The lowest BCUT2D eigenvalue weighted by Crippen LogP contribution is -2.48. The molecule has 150 valence electrons. The number of aliphatic hydroxyl groups is 1. The van der Waals surface area contributed by atoms with Gasteiger partial charge >= 0.3 is 6.09 Å². The van der Waals surface area contributed by atoms with Gasteiger partial charge in [0.1, 0.15) is 6.61 Å². The van der Waals surface area contributed by atoms with E-state index in [1.807, 2.05) is 37.3 Å². The number of hydrogen-bond acceptors (Lipinski definition) is 4. The molecule has 5 heteroatoms. The van der Waals surface area contributed by atoms with E-state index in [0.29, 0.717) is 6.42 Å². The highest BCUT2D eigenvalue weighted by Gasteiger charge is 2.44. The fraction of sp³-hybridized carbons (Fsp3) is 0.478. The number of aliphatic hydroxyl groups excluding tert-OH is 1. The summed E-state index contributed by atoms with van der Waals surface area (Å²) in [5.41, 5.74) is 1.97. The highest BCUT2D eigenvalue weighted by atomic mass is 16.6. The summed E-state index contributed by atoms with van der Waals surface area (Å²) in [7, 11) is 0. The summed E-state index contributed by atoms with van der Waals surface area (Å²) in [6.07, 6.45) is 6.44. The Morgan fingerprint density at radius 3 is 2.75 bits per heavy atom. The third-order valence-corrected chi connectivity index (χ3v) is 5.76. The summed E-state index contributed by atoms with van der Waals surface area (Å²) in [4.78, 5) is 27.2. The first-order chi connectivity index (χ1) is 13.5. The molecule has 0 radical (unpaired) electrons. The molecule has 1 heterocycles. The molecule has 1 aromatic rings.